The molecule has 0 aromatic carbocycles. The Hall–Kier alpha value is -0.610. The van der Waals surface area contributed by atoms with Crippen LogP contribution >= 0.6 is 0 Å². The maximum atomic E-state index is 11.2. The summed E-state index contributed by atoms with van der Waals surface area (Å²) in [5.74, 6) is 0.330. The molecule has 2 N–H and O–H groups in total. The van der Waals surface area contributed by atoms with Gasteiger partial charge in [-0.05, 0) is 12.3 Å². The maximum absolute atomic E-state index is 11.2. The third-order valence-corrected chi connectivity index (χ3v) is 2.35. The van der Waals surface area contributed by atoms with Crippen LogP contribution in [0.25, 0.3) is 0 Å². The van der Waals surface area contributed by atoms with Crippen LogP contribution in [-0.2, 0) is 4.79 Å². The first kappa shape index (κ1) is 10.5. The molecule has 1 saturated heterocycles. The average Bonchev–Trinajstić information content (AvgIpc) is 2.30. The second kappa shape index (κ2) is 4.58. The normalized spacial score (nSPS) is 25.3. The molecule has 1 aliphatic rings. The van der Waals surface area contributed by atoms with E-state index in [0.717, 1.165) is 0 Å². The minimum Gasteiger partial charge on any atom is -0.396 e. The van der Waals surface area contributed by atoms with Gasteiger partial charge in [-0.1, -0.05) is 6.92 Å². The van der Waals surface area contributed by atoms with Crippen LogP contribution in [-0.4, -0.2) is 46.8 Å². The zero-order chi connectivity index (χ0) is 9.84. The van der Waals surface area contributed by atoms with Crippen molar-refractivity contribution in [3.05, 3.63) is 0 Å². The molecular weight excluding hydrogens is 170 g/mol. The summed E-state index contributed by atoms with van der Waals surface area (Å²) in [7, 11) is 0. The van der Waals surface area contributed by atoms with Crippen molar-refractivity contribution in [1.29, 1.82) is 0 Å². The van der Waals surface area contributed by atoms with E-state index in [-0.39, 0.29) is 18.9 Å². The Morgan fingerprint density at radius 1 is 1.69 bits per heavy atom. The van der Waals surface area contributed by atoms with E-state index in [9.17, 15) is 9.90 Å². The molecule has 0 aliphatic carbocycles. The van der Waals surface area contributed by atoms with Crippen LogP contribution in [0.3, 0.4) is 0 Å². The van der Waals surface area contributed by atoms with Gasteiger partial charge in [-0.2, -0.15) is 0 Å². The summed E-state index contributed by atoms with van der Waals surface area (Å²) >= 11 is 0. The highest BCUT2D eigenvalue weighted by atomic mass is 16.3. The molecule has 0 aromatic heterocycles. The lowest BCUT2D eigenvalue weighted by atomic mass is 10.1. The number of β-amino-alcohol motifs (C(OH)–C–C–N with tert-alkyl or cyclic N) is 1. The summed E-state index contributed by atoms with van der Waals surface area (Å²) in [6.45, 7) is 3.25. The number of hydrogen-bond donors (Lipinski definition) is 2. The summed E-state index contributed by atoms with van der Waals surface area (Å²) in [5, 5.41) is 17.9. The number of likely N-dealkylation sites (tertiary alicyclic amines) is 1. The van der Waals surface area contributed by atoms with Gasteiger partial charge in [-0.3, -0.25) is 4.79 Å². The predicted molar refractivity (Wildman–Crippen MR) is 48.1 cm³/mol. The smallest absolute Gasteiger partial charge is 0.225 e. The molecule has 2 atom stereocenters. The molecule has 0 radical (unpaired) electrons. The zero-order valence-electron chi connectivity index (χ0n) is 7.94. The number of carbonyl (C=O) groups is 1. The topological polar surface area (TPSA) is 60.8 Å². The Labute approximate surface area is 78.2 Å². The third kappa shape index (κ3) is 2.97. The molecule has 1 amide bonds. The molecule has 1 fully saturated rings. The van der Waals surface area contributed by atoms with Crippen molar-refractivity contribution in [2.45, 2.75) is 25.9 Å². The Morgan fingerprint density at radius 3 is 2.85 bits per heavy atom. The van der Waals surface area contributed by atoms with Crippen LogP contribution in [0.5, 0.6) is 0 Å². The molecule has 1 aliphatic heterocycles. The standard InChI is InChI=1S/C9H17NO3/c1-7(2-3-11)5-10-6-8(12)4-9(10)13/h7-8,11-12H,2-6H2,1H3. The Morgan fingerprint density at radius 2 is 2.38 bits per heavy atom. The predicted octanol–water partition coefficient (Wildman–Crippen LogP) is -0.402. The van der Waals surface area contributed by atoms with E-state index >= 15 is 0 Å². The van der Waals surface area contributed by atoms with E-state index in [2.05, 4.69) is 0 Å². The zero-order valence-corrected chi connectivity index (χ0v) is 7.94. The van der Waals surface area contributed by atoms with E-state index in [1.54, 1.807) is 4.90 Å². The van der Waals surface area contributed by atoms with Gasteiger partial charge in [0.15, 0.2) is 0 Å². The summed E-state index contributed by atoms with van der Waals surface area (Å²) in [4.78, 5) is 12.9. The average molecular weight is 187 g/mol. The van der Waals surface area contributed by atoms with Crippen molar-refractivity contribution < 1.29 is 15.0 Å². The van der Waals surface area contributed by atoms with Crippen LogP contribution in [0, 0.1) is 5.92 Å². The highest BCUT2D eigenvalue weighted by molar-refractivity contribution is 5.78. The van der Waals surface area contributed by atoms with Gasteiger partial charge in [-0.15, -0.1) is 0 Å². The molecule has 0 spiro atoms. The Kier molecular flexibility index (Phi) is 3.69. The Balaban J connectivity index is 2.32. The van der Waals surface area contributed by atoms with Gasteiger partial charge in [-0.25, -0.2) is 0 Å². The van der Waals surface area contributed by atoms with Gasteiger partial charge in [0.05, 0.1) is 12.5 Å². The molecule has 4 nitrogen and oxygen atoms in total. The molecule has 1 heterocycles. The van der Waals surface area contributed by atoms with Gasteiger partial charge in [0.2, 0.25) is 5.91 Å². The minimum atomic E-state index is -0.492. The van der Waals surface area contributed by atoms with E-state index in [1.807, 2.05) is 6.92 Å². The second-order valence-corrected chi connectivity index (χ2v) is 3.77. The highest BCUT2D eigenvalue weighted by Gasteiger charge is 2.28. The van der Waals surface area contributed by atoms with Gasteiger partial charge in [0.1, 0.15) is 0 Å². The highest BCUT2D eigenvalue weighted by Crippen LogP contribution is 2.14. The van der Waals surface area contributed by atoms with Gasteiger partial charge < -0.3 is 15.1 Å². The van der Waals surface area contributed by atoms with Gasteiger partial charge in [0.25, 0.3) is 0 Å². The molecule has 0 saturated carbocycles. The largest absolute Gasteiger partial charge is 0.396 e. The third-order valence-electron chi connectivity index (χ3n) is 2.35. The summed E-state index contributed by atoms with van der Waals surface area (Å²) in [6, 6.07) is 0. The van der Waals surface area contributed by atoms with Crippen LogP contribution in [0.15, 0.2) is 0 Å². The van der Waals surface area contributed by atoms with E-state index < -0.39 is 6.10 Å². The number of amides is 1. The molecule has 4 heteroatoms. The van der Waals surface area contributed by atoms with Crippen molar-refractivity contribution in [1.82, 2.24) is 4.90 Å². The number of nitrogens with zero attached hydrogens (tertiary/aromatic N) is 1. The number of carbonyl (C=O) groups excluding carboxylic acids is 1. The van der Waals surface area contributed by atoms with E-state index in [0.29, 0.717) is 25.4 Å². The monoisotopic (exact) mass is 187 g/mol. The Bertz CT molecular complexity index is 184. The fraction of sp³-hybridized carbons (Fsp3) is 0.889. The summed E-state index contributed by atoms with van der Waals surface area (Å²) < 4.78 is 0. The van der Waals surface area contributed by atoms with Gasteiger partial charge in [0, 0.05) is 19.7 Å². The first-order valence-corrected chi connectivity index (χ1v) is 4.70. The lowest BCUT2D eigenvalue weighted by molar-refractivity contribution is -0.128. The molecule has 0 aromatic rings. The first-order chi connectivity index (χ1) is 6.13. The number of rotatable bonds is 4. The van der Waals surface area contributed by atoms with E-state index in [1.165, 1.54) is 0 Å². The summed E-state index contributed by atoms with van der Waals surface area (Å²) in [6.07, 6.45) is 0.472. The van der Waals surface area contributed by atoms with Crippen LogP contribution in [0.1, 0.15) is 19.8 Å². The fourth-order valence-corrected chi connectivity index (χ4v) is 1.62. The molecule has 1 rings (SSSR count). The fourth-order valence-electron chi connectivity index (χ4n) is 1.62. The molecule has 0 bridgehead atoms. The van der Waals surface area contributed by atoms with Gasteiger partial charge >= 0.3 is 0 Å². The van der Waals surface area contributed by atoms with Crippen LogP contribution < -0.4 is 0 Å². The van der Waals surface area contributed by atoms with Crippen LogP contribution in [0.2, 0.25) is 0 Å². The van der Waals surface area contributed by atoms with Crippen molar-refractivity contribution in [3.63, 3.8) is 0 Å². The van der Waals surface area contributed by atoms with Crippen LogP contribution in [0.4, 0.5) is 0 Å². The second-order valence-electron chi connectivity index (χ2n) is 3.77. The SMILES string of the molecule is CC(CCO)CN1CC(O)CC1=O. The number of aliphatic hydroxyl groups is 2. The van der Waals surface area contributed by atoms with Crippen molar-refractivity contribution in [2.24, 2.45) is 5.92 Å². The van der Waals surface area contributed by atoms with Crippen molar-refractivity contribution in [2.75, 3.05) is 19.7 Å². The first-order valence-electron chi connectivity index (χ1n) is 4.70. The van der Waals surface area contributed by atoms with E-state index in [4.69, 9.17) is 5.11 Å². The quantitative estimate of drug-likeness (QED) is 0.629. The lowest BCUT2D eigenvalue weighted by Gasteiger charge is -2.19. The lowest BCUT2D eigenvalue weighted by Crippen LogP contribution is -2.30. The molecule has 13 heavy (non-hydrogen) atoms. The molecular formula is C9H17NO3. The minimum absolute atomic E-state index is 0.0253. The number of aliphatic hydroxyl groups excluding tert-OH is 2. The van der Waals surface area contributed by atoms with Crippen molar-refractivity contribution >= 4 is 5.91 Å². The maximum Gasteiger partial charge on any atom is 0.225 e. The molecule has 76 valence electrons. The summed E-state index contributed by atoms with van der Waals surface area (Å²) in [5.41, 5.74) is 0. The molecule has 2 unspecified atom stereocenters. The van der Waals surface area contributed by atoms with Crippen molar-refractivity contribution in [3.8, 4) is 0 Å². The number of hydrogen-bond acceptors (Lipinski definition) is 3.